The first-order valence-electron chi connectivity index (χ1n) is 3.59. The van der Waals surface area contributed by atoms with Gasteiger partial charge in [-0.1, -0.05) is 34.1 Å². The van der Waals surface area contributed by atoms with Gasteiger partial charge in [0.25, 0.3) is 0 Å². The average Bonchev–Trinajstić information content (AvgIpc) is 2.17. The van der Waals surface area contributed by atoms with E-state index in [0.29, 0.717) is 6.29 Å². The van der Waals surface area contributed by atoms with Gasteiger partial charge in [-0.05, 0) is 17.7 Å². The molecule has 1 aromatic rings. The van der Waals surface area contributed by atoms with Gasteiger partial charge in [0.1, 0.15) is 6.07 Å². The molecule has 0 unspecified atom stereocenters. The summed E-state index contributed by atoms with van der Waals surface area (Å²) in [6.07, 6.45) is 2.08. The predicted octanol–water partition coefficient (Wildman–Crippen LogP) is 2.55. The molecule has 0 aliphatic heterocycles. The van der Waals surface area contributed by atoms with Gasteiger partial charge in [0.15, 0.2) is 6.29 Å². The number of halogens is 1. The first kappa shape index (κ1) is 9.69. The molecule has 0 spiro atoms. The molecule has 0 aliphatic carbocycles. The molecule has 0 radical (unpaired) electrons. The Balaban J connectivity index is 3.11. The molecule has 0 atom stereocenters. The van der Waals surface area contributed by atoms with Crippen molar-refractivity contribution in [3.8, 4) is 6.07 Å². The summed E-state index contributed by atoms with van der Waals surface area (Å²) in [5.74, 6) is 0. The van der Waals surface area contributed by atoms with Crippen LogP contribution in [0.1, 0.15) is 5.56 Å². The van der Waals surface area contributed by atoms with Crippen LogP contribution >= 0.6 is 15.9 Å². The number of nitriles is 1. The predicted molar refractivity (Wildman–Crippen MR) is 53.8 cm³/mol. The Morgan fingerprint density at radius 2 is 2.15 bits per heavy atom. The number of benzene rings is 1. The van der Waals surface area contributed by atoms with Crippen LogP contribution in [-0.4, -0.2) is 6.29 Å². The van der Waals surface area contributed by atoms with Crippen molar-refractivity contribution in [1.29, 1.82) is 5.26 Å². The Morgan fingerprint density at radius 3 is 2.69 bits per heavy atom. The largest absolute Gasteiger partial charge is 0.297 e. The maximum Gasteiger partial charge on any atom is 0.160 e. The third-order valence-corrected chi connectivity index (χ3v) is 2.19. The number of hydrogen-bond acceptors (Lipinski definition) is 2. The molecule has 0 N–H and O–H groups in total. The topological polar surface area (TPSA) is 40.9 Å². The Labute approximate surface area is 84.6 Å². The van der Waals surface area contributed by atoms with Gasteiger partial charge in [-0.25, -0.2) is 0 Å². The summed E-state index contributed by atoms with van der Waals surface area (Å²) >= 11 is 3.31. The number of allylic oxidation sites excluding steroid dienone is 1. The van der Waals surface area contributed by atoms with E-state index in [1.807, 2.05) is 24.3 Å². The van der Waals surface area contributed by atoms with Gasteiger partial charge in [-0.3, -0.25) is 4.79 Å². The molecule has 0 aliphatic rings. The second-order valence-electron chi connectivity index (χ2n) is 2.35. The summed E-state index contributed by atoms with van der Waals surface area (Å²) in [6, 6.07) is 9.19. The number of aldehydes is 1. The quantitative estimate of drug-likeness (QED) is 0.449. The molecule has 1 rings (SSSR count). The van der Waals surface area contributed by atoms with Crippen LogP contribution < -0.4 is 0 Å². The molecular weight excluding hydrogens is 230 g/mol. The Hall–Kier alpha value is -1.40. The lowest BCUT2D eigenvalue weighted by atomic mass is 10.1. The summed E-state index contributed by atoms with van der Waals surface area (Å²) in [7, 11) is 0. The van der Waals surface area contributed by atoms with E-state index < -0.39 is 0 Å². The number of hydrogen-bond donors (Lipinski definition) is 0. The van der Waals surface area contributed by atoms with Crippen molar-refractivity contribution in [2.45, 2.75) is 0 Å². The number of carbonyl (C=O) groups is 1. The fraction of sp³-hybridized carbons (Fsp3) is 0. The summed E-state index contributed by atoms with van der Waals surface area (Å²) in [5, 5.41) is 8.51. The van der Waals surface area contributed by atoms with Gasteiger partial charge >= 0.3 is 0 Å². The smallest absolute Gasteiger partial charge is 0.160 e. The van der Waals surface area contributed by atoms with Gasteiger partial charge in [-0.15, -0.1) is 0 Å². The molecule has 0 saturated carbocycles. The SMILES string of the molecule is N#C/C(C=O)=C\c1ccccc1Br. The lowest BCUT2D eigenvalue weighted by Crippen LogP contribution is -1.81. The molecule has 0 bridgehead atoms. The molecule has 3 heteroatoms. The highest BCUT2D eigenvalue weighted by atomic mass is 79.9. The molecular formula is C10H6BrNO. The molecule has 64 valence electrons. The van der Waals surface area contributed by atoms with Crippen LogP contribution in [-0.2, 0) is 4.79 Å². The number of nitrogens with zero attached hydrogens (tertiary/aromatic N) is 1. The van der Waals surface area contributed by atoms with Gasteiger partial charge in [0.05, 0.1) is 5.57 Å². The summed E-state index contributed by atoms with van der Waals surface area (Å²) in [4.78, 5) is 10.3. The fourth-order valence-corrected chi connectivity index (χ4v) is 1.25. The Bertz CT molecular complexity index is 390. The average molecular weight is 236 g/mol. The van der Waals surface area contributed by atoms with Crippen molar-refractivity contribution in [2.75, 3.05) is 0 Å². The van der Waals surface area contributed by atoms with Crippen LogP contribution in [0.3, 0.4) is 0 Å². The number of rotatable bonds is 2. The van der Waals surface area contributed by atoms with E-state index in [1.165, 1.54) is 6.08 Å². The van der Waals surface area contributed by atoms with Crippen LogP contribution in [0.2, 0.25) is 0 Å². The van der Waals surface area contributed by atoms with E-state index in [1.54, 1.807) is 6.07 Å². The normalized spacial score (nSPS) is 10.6. The van der Waals surface area contributed by atoms with Crippen molar-refractivity contribution < 1.29 is 4.79 Å². The van der Waals surface area contributed by atoms with Crippen molar-refractivity contribution in [3.63, 3.8) is 0 Å². The lowest BCUT2D eigenvalue weighted by Gasteiger charge is -1.95. The molecule has 0 aromatic heterocycles. The third kappa shape index (κ3) is 2.53. The lowest BCUT2D eigenvalue weighted by molar-refractivity contribution is -0.104. The zero-order chi connectivity index (χ0) is 9.68. The van der Waals surface area contributed by atoms with E-state index >= 15 is 0 Å². The van der Waals surface area contributed by atoms with Crippen molar-refractivity contribution >= 4 is 28.3 Å². The van der Waals surface area contributed by atoms with E-state index in [4.69, 9.17) is 5.26 Å². The molecule has 0 amide bonds. The Morgan fingerprint density at radius 1 is 1.46 bits per heavy atom. The zero-order valence-electron chi connectivity index (χ0n) is 6.70. The Kier molecular flexibility index (Phi) is 3.41. The van der Waals surface area contributed by atoms with Crippen LogP contribution in [0.15, 0.2) is 34.3 Å². The van der Waals surface area contributed by atoms with Crippen LogP contribution in [0.4, 0.5) is 0 Å². The minimum atomic E-state index is 0.118. The first-order valence-corrected chi connectivity index (χ1v) is 4.38. The van der Waals surface area contributed by atoms with Crippen molar-refractivity contribution in [1.82, 2.24) is 0 Å². The van der Waals surface area contributed by atoms with Crippen molar-refractivity contribution in [2.24, 2.45) is 0 Å². The second kappa shape index (κ2) is 4.58. The van der Waals surface area contributed by atoms with Crippen LogP contribution in [0.25, 0.3) is 6.08 Å². The minimum absolute atomic E-state index is 0.118. The minimum Gasteiger partial charge on any atom is -0.297 e. The highest BCUT2D eigenvalue weighted by molar-refractivity contribution is 9.10. The molecule has 13 heavy (non-hydrogen) atoms. The van der Waals surface area contributed by atoms with Gasteiger partial charge in [-0.2, -0.15) is 5.26 Å². The van der Waals surface area contributed by atoms with Gasteiger partial charge in [0.2, 0.25) is 0 Å². The fourth-order valence-electron chi connectivity index (χ4n) is 0.852. The molecule has 0 fully saturated rings. The number of carbonyl (C=O) groups excluding carboxylic acids is 1. The van der Waals surface area contributed by atoms with E-state index in [9.17, 15) is 4.79 Å². The second-order valence-corrected chi connectivity index (χ2v) is 3.21. The highest BCUT2D eigenvalue weighted by Crippen LogP contribution is 2.18. The van der Waals surface area contributed by atoms with Gasteiger partial charge < -0.3 is 0 Å². The maximum atomic E-state index is 10.3. The van der Waals surface area contributed by atoms with Crippen LogP contribution in [0, 0.1) is 11.3 Å². The molecule has 1 aromatic carbocycles. The highest BCUT2D eigenvalue weighted by Gasteiger charge is 1.96. The summed E-state index contributed by atoms with van der Waals surface area (Å²) in [6.45, 7) is 0. The van der Waals surface area contributed by atoms with Crippen LogP contribution in [0.5, 0.6) is 0 Å². The standard InChI is InChI=1S/C10H6BrNO/c11-10-4-2-1-3-9(10)5-8(6-12)7-13/h1-5,7H/b8-5+. The third-order valence-electron chi connectivity index (χ3n) is 1.47. The van der Waals surface area contributed by atoms with E-state index in [-0.39, 0.29) is 5.57 Å². The molecule has 0 saturated heterocycles. The van der Waals surface area contributed by atoms with Gasteiger partial charge in [0, 0.05) is 4.47 Å². The van der Waals surface area contributed by atoms with Crippen molar-refractivity contribution in [3.05, 3.63) is 39.9 Å². The first-order chi connectivity index (χ1) is 6.27. The molecule has 0 heterocycles. The van der Waals surface area contributed by atoms with E-state index in [0.717, 1.165) is 10.0 Å². The monoisotopic (exact) mass is 235 g/mol. The van der Waals surface area contributed by atoms with E-state index in [2.05, 4.69) is 15.9 Å². The maximum absolute atomic E-state index is 10.3. The summed E-state index contributed by atoms with van der Waals surface area (Å²) in [5.41, 5.74) is 0.943. The summed E-state index contributed by atoms with van der Waals surface area (Å²) < 4.78 is 0.865. The molecule has 2 nitrogen and oxygen atoms in total. The zero-order valence-corrected chi connectivity index (χ0v) is 8.28.